The van der Waals surface area contributed by atoms with Crippen LogP contribution in [0.1, 0.15) is 35.3 Å². The van der Waals surface area contributed by atoms with Crippen molar-refractivity contribution >= 4 is 28.3 Å². The van der Waals surface area contributed by atoms with Crippen LogP contribution in [-0.2, 0) is 10.2 Å². The number of hydrogen-bond acceptors (Lipinski definition) is 4. The highest BCUT2D eigenvalue weighted by atomic mass is 32.1. The summed E-state index contributed by atoms with van der Waals surface area (Å²) >= 11 is 1.31. The largest absolute Gasteiger partial charge is 0.364 e. The summed E-state index contributed by atoms with van der Waals surface area (Å²) in [5.41, 5.74) is 7.09. The van der Waals surface area contributed by atoms with Gasteiger partial charge in [-0.1, -0.05) is 18.6 Å². The maximum Gasteiger partial charge on any atom is 0.265 e. The molecule has 6 nitrogen and oxygen atoms in total. The summed E-state index contributed by atoms with van der Waals surface area (Å²) in [5, 5.41) is 5.17. The number of amides is 2. The Hall–Kier alpha value is -3.00. The number of aromatic amines is 1. The molecule has 4 rings (SSSR count). The molecule has 2 heterocycles. The lowest BCUT2D eigenvalue weighted by Crippen LogP contribution is -2.46. The van der Waals surface area contributed by atoms with Crippen LogP contribution < -0.4 is 11.1 Å². The van der Waals surface area contributed by atoms with E-state index in [4.69, 9.17) is 5.73 Å². The van der Waals surface area contributed by atoms with E-state index < -0.39 is 11.3 Å². The molecule has 1 fully saturated rings. The Morgan fingerprint density at radius 3 is 2.59 bits per heavy atom. The van der Waals surface area contributed by atoms with E-state index in [2.05, 4.69) is 15.3 Å². The van der Waals surface area contributed by atoms with Gasteiger partial charge in [-0.2, -0.15) is 0 Å². The molecule has 1 aromatic carbocycles. The number of carbonyl (C=O) groups excluding carboxylic acids is 2. The number of nitrogens with two attached hydrogens (primary N) is 1. The van der Waals surface area contributed by atoms with Gasteiger partial charge in [-0.15, -0.1) is 11.3 Å². The molecular formula is C19H17FN4O2S. The fourth-order valence-electron chi connectivity index (χ4n) is 3.31. The second-order valence-electron chi connectivity index (χ2n) is 6.60. The van der Waals surface area contributed by atoms with E-state index in [9.17, 15) is 14.0 Å². The van der Waals surface area contributed by atoms with Gasteiger partial charge >= 0.3 is 0 Å². The molecule has 0 radical (unpaired) electrons. The number of benzene rings is 1. The summed E-state index contributed by atoms with van der Waals surface area (Å²) in [7, 11) is 0. The van der Waals surface area contributed by atoms with Crippen molar-refractivity contribution in [2.45, 2.75) is 24.7 Å². The Labute approximate surface area is 158 Å². The zero-order valence-corrected chi connectivity index (χ0v) is 15.1. The molecule has 1 aliphatic carbocycles. The van der Waals surface area contributed by atoms with Crippen molar-refractivity contribution in [1.29, 1.82) is 0 Å². The molecule has 1 saturated carbocycles. The van der Waals surface area contributed by atoms with Gasteiger partial charge in [0.2, 0.25) is 5.91 Å². The Morgan fingerprint density at radius 1 is 1.26 bits per heavy atom. The number of rotatable bonds is 5. The number of carbonyl (C=O) groups is 2. The van der Waals surface area contributed by atoms with E-state index in [0.717, 1.165) is 30.4 Å². The third kappa shape index (κ3) is 3.12. The van der Waals surface area contributed by atoms with Crippen LogP contribution in [0, 0.1) is 5.82 Å². The minimum Gasteiger partial charge on any atom is -0.364 e. The van der Waals surface area contributed by atoms with Crippen LogP contribution in [0.5, 0.6) is 0 Å². The number of halogens is 1. The third-order valence-electron chi connectivity index (χ3n) is 5.01. The monoisotopic (exact) mass is 384 g/mol. The minimum atomic E-state index is -0.632. The first-order valence-corrected chi connectivity index (χ1v) is 9.37. The summed E-state index contributed by atoms with van der Waals surface area (Å²) in [6.45, 7) is 0. The third-order valence-corrected chi connectivity index (χ3v) is 5.77. The average Bonchev–Trinajstić information content (AvgIpc) is 3.24. The Morgan fingerprint density at radius 2 is 2.00 bits per heavy atom. The van der Waals surface area contributed by atoms with Crippen molar-refractivity contribution in [1.82, 2.24) is 9.97 Å². The lowest BCUT2D eigenvalue weighted by Gasteiger charge is -2.40. The molecule has 0 spiro atoms. The van der Waals surface area contributed by atoms with Crippen molar-refractivity contribution < 1.29 is 14.0 Å². The fraction of sp³-hybridized carbons (Fsp3) is 0.211. The SMILES string of the molecule is NC(=O)c1cc(-c2csc(NC(=O)C3(c4ccc(F)cc4)CCC3)n2)c[nH]1. The summed E-state index contributed by atoms with van der Waals surface area (Å²) in [6, 6.07) is 7.73. The molecule has 2 amide bonds. The maximum atomic E-state index is 13.2. The minimum absolute atomic E-state index is 0.131. The number of H-pyrrole nitrogens is 1. The normalized spacial score (nSPS) is 15.1. The second-order valence-corrected chi connectivity index (χ2v) is 7.46. The van der Waals surface area contributed by atoms with Crippen LogP contribution in [0.25, 0.3) is 11.3 Å². The Bertz CT molecular complexity index is 1000. The first-order chi connectivity index (χ1) is 13.0. The highest BCUT2D eigenvalue weighted by Gasteiger charge is 2.45. The molecule has 0 unspecified atom stereocenters. The van der Waals surface area contributed by atoms with Gasteiger partial charge in [-0.3, -0.25) is 9.59 Å². The molecule has 0 saturated heterocycles. The summed E-state index contributed by atoms with van der Waals surface area (Å²) in [4.78, 5) is 31.4. The van der Waals surface area contributed by atoms with Crippen molar-refractivity contribution in [3.8, 4) is 11.3 Å². The predicted octanol–water partition coefficient (Wildman–Crippen LogP) is 3.44. The van der Waals surface area contributed by atoms with Gasteiger partial charge in [0.05, 0.1) is 11.1 Å². The molecule has 0 bridgehead atoms. The van der Waals surface area contributed by atoms with Crippen LogP contribution in [0.2, 0.25) is 0 Å². The second kappa shape index (κ2) is 6.62. The Kier molecular flexibility index (Phi) is 4.27. The topological polar surface area (TPSA) is 101 Å². The van der Waals surface area contributed by atoms with Crippen molar-refractivity contribution in [2.75, 3.05) is 5.32 Å². The number of hydrogen-bond donors (Lipinski definition) is 3. The summed E-state index contributed by atoms with van der Waals surface area (Å²) < 4.78 is 13.2. The summed E-state index contributed by atoms with van der Waals surface area (Å²) in [6.07, 6.45) is 4.05. The zero-order chi connectivity index (χ0) is 19.0. The van der Waals surface area contributed by atoms with Crippen LogP contribution in [0.4, 0.5) is 9.52 Å². The molecule has 27 heavy (non-hydrogen) atoms. The van der Waals surface area contributed by atoms with Gasteiger partial charge in [-0.05, 0) is 36.6 Å². The molecule has 1 aliphatic rings. The number of thiazole rings is 1. The van der Waals surface area contributed by atoms with Crippen molar-refractivity contribution in [3.63, 3.8) is 0 Å². The zero-order valence-electron chi connectivity index (χ0n) is 14.3. The fourth-order valence-corrected chi connectivity index (χ4v) is 4.03. The van der Waals surface area contributed by atoms with E-state index in [1.54, 1.807) is 29.8 Å². The number of nitrogens with zero attached hydrogens (tertiary/aromatic N) is 1. The van der Waals surface area contributed by atoms with E-state index in [1.807, 2.05) is 0 Å². The molecular weight excluding hydrogens is 367 g/mol. The van der Waals surface area contributed by atoms with E-state index >= 15 is 0 Å². The molecule has 2 aromatic heterocycles. The predicted molar refractivity (Wildman–Crippen MR) is 101 cm³/mol. The first kappa shape index (κ1) is 17.4. The van der Waals surface area contributed by atoms with Gasteiger partial charge in [0.25, 0.3) is 5.91 Å². The van der Waals surface area contributed by atoms with Crippen molar-refractivity contribution in [2.24, 2.45) is 5.73 Å². The smallest absolute Gasteiger partial charge is 0.265 e. The highest BCUT2D eigenvalue weighted by Crippen LogP contribution is 2.44. The molecule has 3 aromatic rings. The number of anilines is 1. The lowest BCUT2D eigenvalue weighted by atomic mass is 9.64. The van der Waals surface area contributed by atoms with Crippen LogP contribution >= 0.6 is 11.3 Å². The number of aromatic nitrogens is 2. The van der Waals surface area contributed by atoms with E-state index in [1.165, 1.54) is 23.5 Å². The molecule has 8 heteroatoms. The van der Waals surface area contributed by atoms with Gasteiger partial charge < -0.3 is 16.0 Å². The molecule has 138 valence electrons. The average molecular weight is 384 g/mol. The Balaban J connectivity index is 1.53. The van der Waals surface area contributed by atoms with Crippen LogP contribution in [0.15, 0.2) is 41.9 Å². The number of nitrogens with one attached hydrogen (secondary N) is 2. The van der Waals surface area contributed by atoms with Gasteiger partial charge in [0.15, 0.2) is 5.13 Å². The quantitative estimate of drug-likeness (QED) is 0.628. The van der Waals surface area contributed by atoms with E-state index in [-0.39, 0.29) is 11.7 Å². The standard InChI is InChI=1S/C19H17FN4O2S/c20-13-4-2-12(3-5-13)19(6-1-7-19)17(26)24-18-23-15(10-27-18)11-8-14(16(21)25)22-9-11/h2-5,8-10,22H,1,6-7H2,(H2,21,25)(H,23,24,26). The van der Waals surface area contributed by atoms with E-state index in [0.29, 0.717) is 16.5 Å². The molecule has 4 N–H and O–H groups in total. The van der Waals surface area contributed by atoms with Crippen molar-refractivity contribution in [3.05, 3.63) is 59.0 Å². The maximum absolute atomic E-state index is 13.2. The summed E-state index contributed by atoms with van der Waals surface area (Å²) in [5.74, 6) is -0.996. The first-order valence-electron chi connectivity index (χ1n) is 8.49. The van der Waals surface area contributed by atoms with Gasteiger partial charge in [-0.25, -0.2) is 9.37 Å². The lowest BCUT2D eigenvalue weighted by molar-refractivity contribution is -0.124. The van der Waals surface area contributed by atoms with Gasteiger partial charge in [0.1, 0.15) is 11.5 Å². The molecule has 0 aliphatic heterocycles. The van der Waals surface area contributed by atoms with Crippen LogP contribution in [-0.4, -0.2) is 21.8 Å². The van der Waals surface area contributed by atoms with Crippen LogP contribution in [0.3, 0.4) is 0 Å². The number of primary amides is 1. The highest BCUT2D eigenvalue weighted by molar-refractivity contribution is 7.14. The molecule has 0 atom stereocenters. The van der Waals surface area contributed by atoms with Gasteiger partial charge in [0, 0.05) is 17.1 Å².